The molecule has 3 N–H and O–H groups in total. The van der Waals surface area contributed by atoms with Gasteiger partial charge in [-0.05, 0) is 49.3 Å². The van der Waals surface area contributed by atoms with E-state index in [2.05, 4.69) is 30.3 Å². The molecule has 1 aromatic rings. The molecule has 0 aromatic carbocycles. The van der Waals surface area contributed by atoms with Crippen molar-refractivity contribution in [1.29, 1.82) is 0 Å². The van der Waals surface area contributed by atoms with Gasteiger partial charge in [-0.25, -0.2) is 0 Å². The Morgan fingerprint density at radius 2 is 2.29 bits per heavy atom. The first-order chi connectivity index (χ1) is 8.20. The molecule has 1 aliphatic carbocycles. The summed E-state index contributed by atoms with van der Waals surface area (Å²) in [6.45, 7) is 4.44. The summed E-state index contributed by atoms with van der Waals surface area (Å²) in [6.07, 6.45) is 7.06. The van der Waals surface area contributed by atoms with Crippen LogP contribution in [-0.4, -0.2) is 4.98 Å². The average Bonchev–Trinajstić information content (AvgIpc) is 2.30. The van der Waals surface area contributed by atoms with Crippen LogP contribution in [-0.2, 0) is 0 Å². The number of hydrogen-bond acceptors (Lipinski definition) is 3. The quantitative estimate of drug-likeness (QED) is 0.623. The highest BCUT2D eigenvalue weighted by Crippen LogP contribution is 2.36. The van der Waals surface area contributed by atoms with Crippen LogP contribution in [0.2, 0.25) is 0 Å². The minimum Gasteiger partial charge on any atom is -0.271 e. The fraction of sp³-hybridized carbons (Fsp3) is 0.643. The molecule has 3 nitrogen and oxygen atoms in total. The summed E-state index contributed by atoms with van der Waals surface area (Å²) in [5.74, 6) is 7.18. The maximum Gasteiger partial charge on any atom is 0.0660 e. The Kier molecular flexibility index (Phi) is 4.13. The number of aryl methyl sites for hydroxylation is 1. The molecule has 17 heavy (non-hydrogen) atoms. The van der Waals surface area contributed by atoms with Crippen molar-refractivity contribution in [3.63, 3.8) is 0 Å². The Morgan fingerprint density at radius 3 is 2.94 bits per heavy atom. The number of pyridine rings is 1. The topological polar surface area (TPSA) is 50.9 Å². The lowest BCUT2D eigenvalue weighted by Gasteiger charge is -2.32. The first-order valence-corrected chi connectivity index (χ1v) is 6.59. The van der Waals surface area contributed by atoms with E-state index in [1.165, 1.54) is 31.2 Å². The third kappa shape index (κ3) is 3.05. The summed E-state index contributed by atoms with van der Waals surface area (Å²) >= 11 is 0. The summed E-state index contributed by atoms with van der Waals surface area (Å²) in [5.41, 5.74) is 5.31. The number of rotatable bonds is 3. The molecule has 1 aliphatic rings. The van der Waals surface area contributed by atoms with Crippen molar-refractivity contribution in [3.05, 3.63) is 29.6 Å². The fourth-order valence-electron chi connectivity index (χ4n) is 2.98. The SMILES string of the molecule is Cc1ccnc(C(NN)C2CCCC(C)C2)c1. The Hall–Kier alpha value is -0.930. The fourth-order valence-corrected chi connectivity index (χ4v) is 2.98. The first-order valence-electron chi connectivity index (χ1n) is 6.59. The van der Waals surface area contributed by atoms with Gasteiger partial charge < -0.3 is 0 Å². The highest BCUT2D eigenvalue weighted by Gasteiger charge is 2.27. The summed E-state index contributed by atoms with van der Waals surface area (Å²) in [7, 11) is 0. The van der Waals surface area contributed by atoms with E-state index in [9.17, 15) is 0 Å². The summed E-state index contributed by atoms with van der Waals surface area (Å²) in [6, 6.07) is 4.38. The van der Waals surface area contributed by atoms with Gasteiger partial charge in [-0.15, -0.1) is 0 Å². The standard InChI is InChI=1S/C14H23N3/c1-10-4-3-5-12(8-10)14(17-15)13-9-11(2)6-7-16-13/h6-7,9-10,12,14,17H,3-5,8,15H2,1-2H3. The van der Waals surface area contributed by atoms with Gasteiger partial charge in [0, 0.05) is 6.20 Å². The van der Waals surface area contributed by atoms with E-state index in [0.717, 1.165) is 11.6 Å². The van der Waals surface area contributed by atoms with Crippen LogP contribution in [0, 0.1) is 18.8 Å². The summed E-state index contributed by atoms with van der Waals surface area (Å²) in [4.78, 5) is 4.47. The number of nitrogens with zero attached hydrogens (tertiary/aromatic N) is 1. The lowest BCUT2D eigenvalue weighted by atomic mass is 9.78. The van der Waals surface area contributed by atoms with Crippen LogP contribution >= 0.6 is 0 Å². The van der Waals surface area contributed by atoms with Crippen LogP contribution in [0.15, 0.2) is 18.3 Å². The summed E-state index contributed by atoms with van der Waals surface area (Å²) in [5, 5.41) is 0. The van der Waals surface area contributed by atoms with Crippen molar-refractivity contribution in [3.8, 4) is 0 Å². The third-order valence-corrected chi connectivity index (χ3v) is 3.88. The maximum atomic E-state index is 5.74. The molecule has 3 atom stereocenters. The average molecular weight is 233 g/mol. The molecule has 0 spiro atoms. The van der Waals surface area contributed by atoms with Crippen LogP contribution in [0.1, 0.15) is 49.9 Å². The van der Waals surface area contributed by atoms with Crippen molar-refractivity contribution >= 4 is 0 Å². The van der Waals surface area contributed by atoms with Crippen LogP contribution in [0.5, 0.6) is 0 Å². The second kappa shape index (κ2) is 5.61. The molecule has 0 bridgehead atoms. The smallest absolute Gasteiger partial charge is 0.0660 e. The predicted molar refractivity (Wildman–Crippen MR) is 70.2 cm³/mol. The van der Waals surface area contributed by atoms with E-state index >= 15 is 0 Å². The molecule has 1 saturated carbocycles. The molecule has 3 unspecified atom stereocenters. The minimum absolute atomic E-state index is 0.206. The number of hydrogen-bond donors (Lipinski definition) is 2. The van der Waals surface area contributed by atoms with E-state index in [1.54, 1.807) is 0 Å². The van der Waals surface area contributed by atoms with Gasteiger partial charge in [-0.1, -0.05) is 19.8 Å². The van der Waals surface area contributed by atoms with Gasteiger partial charge in [0.2, 0.25) is 0 Å². The molecule has 0 aliphatic heterocycles. The number of nitrogens with one attached hydrogen (secondary N) is 1. The molecular formula is C14H23N3. The lowest BCUT2D eigenvalue weighted by Crippen LogP contribution is -2.36. The van der Waals surface area contributed by atoms with E-state index < -0.39 is 0 Å². The monoisotopic (exact) mass is 233 g/mol. The first kappa shape index (κ1) is 12.5. The molecule has 1 heterocycles. The molecule has 3 heteroatoms. The highest BCUT2D eigenvalue weighted by molar-refractivity contribution is 5.18. The van der Waals surface area contributed by atoms with Gasteiger partial charge in [-0.2, -0.15) is 0 Å². The Labute approximate surface area is 104 Å². The van der Waals surface area contributed by atoms with Gasteiger partial charge in [0.1, 0.15) is 0 Å². The van der Waals surface area contributed by atoms with Crippen molar-refractivity contribution < 1.29 is 0 Å². The second-order valence-corrected chi connectivity index (χ2v) is 5.43. The van der Waals surface area contributed by atoms with Crippen molar-refractivity contribution in [2.75, 3.05) is 0 Å². The normalized spacial score (nSPS) is 26.8. The largest absolute Gasteiger partial charge is 0.271 e. The molecule has 0 amide bonds. The maximum absolute atomic E-state index is 5.74. The van der Waals surface area contributed by atoms with Gasteiger partial charge in [0.25, 0.3) is 0 Å². The van der Waals surface area contributed by atoms with Gasteiger partial charge in [0.05, 0.1) is 11.7 Å². The van der Waals surface area contributed by atoms with Gasteiger partial charge in [-0.3, -0.25) is 16.3 Å². The molecule has 94 valence electrons. The molecule has 1 aromatic heterocycles. The van der Waals surface area contributed by atoms with Crippen LogP contribution in [0.4, 0.5) is 0 Å². The van der Waals surface area contributed by atoms with Crippen LogP contribution in [0.3, 0.4) is 0 Å². The third-order valence-electron chi connectivity index (χ3n) is 3.88. The van der Waals surface area contributed by atoms with Gasteiger partial charge in [0.15, 0.2) is 0 Å². The van der Waals surface area contributed by atoms with E-state index in [4.69, 9.17) is 5.84 Å². The number of nitrogens with two attached hydrogens (primary N) is 1. The number of hydrazine groups is 1. The zero-order valence-electron chi connectivity index (χ0n) is 10.8. The Morgan fingerprint density at radius 1 is 1.47 bits per heavy atom. The number of aromatic nitrogens is 1. The van der Waals surface area contributed by atoms with Crippen molar-refractivity contribution in [1.82, 2.24) is 10.4 Å². The van der Waals surface area contributed by atoms with Crippen molar-refractivity contribution in [2.45, 2.75) is 45.6 Å². The zero-order chi connectivity index (χ0) is 12.3. The van der Waals surface area contributed by atoms with Crippen LogP contribution in [0.25, 0.3) is 0 Å². The van der Waals surface area contributed by atoms with E-state index in [-0.39, 0.29) is 6.04 Å². The Balaban J connectivity index is 2.15. The van der Waals surface area contributed by atoms with E-state index in [0.29, 0.717) is 5.92 Å². The van der Waals surface area contributed by atoms with E-state index in [1.807, 2.05) is 12.3 Å². The predicted octanol–water partition coefficient (Wildman–Crippen LogP) is 2.72. The molecule has 2 rings (SSSR count). The second-order valence-electron chi connectivity index (χ2n) is 5.43. The Bertz CT molecular complexity index is 364. The minimum atomic E-state index is 0.206. The highest BCUT2D eigenvalue weighted by atomic mass is 15.2. The van der Waals surface area contributed by atoms with Crippen molar-refractivity contribution in [2.24, 2.45) is 17.7 Å². The molecule has 0 radical (unpaired) electrons. The molecule has 1 fully saturated rings. The van der Waals surface area contributed by atoms with Crippen LogP contribution < -0.4 is 11.3 Å². The molecular weight excluding hydrogens is 210 g/mol. The zero-order valence-corrected chi connectivity index (χ0v) is 10.8. The molecule has 0 saturated heterocycles. The van der Waals surface area contributed by atoms with Gasteiger partial charge >= 0.3 is 0 Å². The summed E-state index contributed by atoms with van der Waals surface area (Å²) < 4.78 is 0. The lowest BCUT2D eigenvalue weighted by molar-refractivity contribution is 0.222.